The number of aromatic nitrogens is 2. The average Bonchev–Trinajstić information content (AvgIpc) is 2.69. The number of nitrogens with one attached hydrogen (secondary N) is 2. The molecule has 0 aliphatic heterocycles. The lowest BCUT2D eigenvalue weighted by Gasteiger charge is -2.12. The molecule has 0 fully saturated rings. The number of anilines is 3. The monoisotopic (exact) mass is 382 g/mol. The van der Waals surface area contributed by atoms with E-state index in [0.29, 0.717) is 28.6 Å². The molecule has 0 saturated heterocycles. The number of carbonyl (C=O) groups excluding carboxylic acids is 1. The van der Waals surface area contributed by atoms with Gasteiger partial charge in [-0.05, 0) is 49.4 Å². The maximum Gasteiger partial charge on any atom is 0.274 e. The highest BCUT2D eigenvalue weighted by Gasteiger charge is 2.14. The molecule has 1 aromatic heterocycles. The Morgan fingerprint density at radius 3 is 2.43 bits per heavy atom. The fourth-order valence-electron chi connectivity index (χ4n) is 2.50. The van der Waals surface area contributed by atoms with E-state index in [9.17, 15) is 9.18 Å². The molecule has 2 aromatic carbocycles. The topological polar surface area (TPSA) is 85.4 Å². The first-order chi connectivity index (χ1) is 13.5. The fraction of sp³-hybridized carbons (Fsp3) is 0.150. The Bertz CT molecular complexity index is 993. The van der Waals surface area contributed by atoms with Gasteiger partial charge in [0.15, 0.2) is 0 Å². The number of aryl methyl sites for hydroxylation is 1. The number of nitrogens with zero attached hydrogens (tertiary/aromatic N) is 2. The molecule has 3 aromatic rings. The number of hydrogen-bond donors (Lipinski definition) is 2. The average molecular weight is 382 g/mol. The Hall–Kier alpha value is -3.68. The summed E-state index contributed by atoms with van der Waals surface area (Å²) in [6.07, 6.45) is 0. The Morgan fingerprint density at radius 1 is 1.00 bits per heavy atom. The summed E-state index contributed by atoms with van der Waals surface area (Å²) in [5, 5.41) is 5.72. The van der Waals surface area contributed by atoms with Gasteiger partial charge in [0, 0.05) is 17.4 Å². The second-order valence-corrected chi connectivity index (χ2v) is 5.87. The van der Waals surface area contributed by atoms with Crippen LogP contribution in [0, 0.1) is 12.7 Å². The molecule has 144 valence electrons. The third-order valence-corrected chi connectivity index (χ3v) is 3.84. The molecule has 0 unspecified atom stereocenters. The molecule has 28 heavy (non-hydrogen) atoms. The van der Waals surface area contributed by atoms with Gasteiger partial charge in [0.25, 0.3) is 5.91 Å². The van der Waals surface area contributed by atoms with E-state index >= 15 is 0 Å². The summed E-state index contributed by atoms with van der Waals surface area (Å²) in [6, 6.07) is 12.4. The van der Waals surface area contributed by atoms with Crippen LogP contribution in [-0.4, -0.2) is 30.1 Å². The molecule has 0 aliphatic rings. The van der Waals surface area contributed by atoms with Crippen LogP contribution < -0.4 is 20.1 Å². The number of rotatable bonds is 6. The second-order valence-electron chi connectivity index (χ2n) is 5.87. The first-order valence-electron chi connectivity index (χ1n) is 8.40. The predicted molar refractivity (Wildman–Crippen MR) is 104 cm³/mol. The van der Waals surface area contributed by atoms with Crippen LogP contribution in [0.25, 0.3) is 0 Å². The van der Waals surface area contributed by atoms with Crippen molar-refractivity contribution in [2.75, 3.05) is 24.9 Å². The molecule has 3 rings (SSSR count). The van der Waals surface area contributed by atoms with Gasteiger partial charge in [0.1, 0.15) is 23.0 Å². The number of benzene rings is 2. The maximum atomic E-state index is 13.1. The molecular formula is C20H19FN4O3. The number of halogens is 1. The van der Waals surface area contributed by atoms with Crippen LogP contribution in [-0.2, 0) is 0 Å². The van der Waals surface area contributed by atoms with E-state index in [1.807, 2.05) is 0 Å². The van der Waals surface area contributed by atoms with Crippen molar-refractivity contribution in [3.8, 4) is 11.5 Å². The molecule has 0 atom stereocenters. The van der Waals surface area contributed by atoms with Gasteiger partial charge in [-0.3, -0.25) is 4.79 Å². The maximum absolute atomic E-state index is 13.1. The van der Waals surface area contributed by atoms with E-state index < -0.39 is 5.91 Å². The van der Waals surface area contributed by atoms with Gasteiger partial charge < -0.3 is 20.1 Å². The molecule has 0 bridgehead atoms. The Morgan fingerprint density at radius 2 is 1.75 bits per heavy atom. The van der Waals surface area contributed by atoms with Crippen molar-refractivity contribution >= 4 is 23.2 Å². The lowest BCUT2D eigenvalue weighted by molar-refractivity contribution is 0.102. The minimum Gasteiger partial charge on any atom is -0.497 e. The van der Waals surface area contributed by atoms with Crippen molar-refractivity contribution in [1.82, 2.24) is 9.97 Å². The van der Waals surface area contributed by atoms with Gasteiger partial charge in [0.2, 0.25) is 5.95 Å². The zero-order valence-corrected chi connectivity index (χ0v) is 15.6. The van der Waals surface area contributed by atoms with Crippen LogP contribution in [0.15, 0.2) is 48.5 Å². The van der Waals surface area contributed by atoms with E-state index in [-0.39, 0.29) is 17.5 Å². The summed E-state index contributed by atoms with van der Waals surface area (Å²) in [5.74, 6) is 0.523. The predicted octanol–water partition coefficient (Wildman–Crippen LogP) is 3.94. The standard InChI is InChI=1S/C20H19FN4O3/c1-12-10-17(25-20(22-12)23-14-6-4-13(21)5-7-14)19(26)24-16-11-15(27-2)8-9-18(16)28-3/h4-11H,1-3H3,(H,24,26)(H,22,23,25). The smallest absolute Gasteiger partial charge is 0.274 e. The van der Waals surface area contributed by atoms with Gasteiger partial charge in [-0.25, -0.2) is 14.4 Å². The van der Waals surface area contributed by atoms with E-state index in [2.05, 4.69) is 20.6 Å². The fourth-order valence-corrected chi connectivity index (χ4v) is 2.50. The van der Waals surface area contributed by atoms with Gasteiger partial charge in [-0.1, -0.05) is 0 Å². The van der Waals surface area contributed by atoms with Crippen molar-refractivity contribution in [2.24, 2.45) is 0 Å². The molecule has 7 nitrogen and oxygen atoms in total. The molecule has 0 spiro atoms. The van der Waals surface area contributed by atoms with Crippen LogP contribution in [0.4, 0.5) is 21.7 Å². The first-order valence-corrected chi connectivity index (χ1v) is 8.40. The van der Waals surface area contributed by atoms with E-state index in [0.717, 1.165) is 0 Å². The van der Waals surface area contributed by atoms with Crippen LogP contribution in [0.5, 0.6) is 11.5 Å². The molecule has 0 saturated carbocycles. The number of ether oxygens (including phenoxy) is 2. The normalized spacial score (nSPS) is 10.3. The quantitative estimate of drug-likeness (QED) is 0.672. The Balaban J connectivity index is 1.84. The number of methoxy groups -OCH3 is 2. The largest absolute Gasteiger partial charge is 0.497 e. The zero-order chi connectivity index (χ0) is 20.1. The minimum atomic E-state index is -0.431. The molecule has 1 heterocycles. The highest BCUT2D eigenvalue weighted by Crippen LogP contribution is 2.29. The van der Waals surface area contributed by atoms with Gasteiger partial charge in [-0.15, -0.1) is 0 Å². The molecule has 0 radical (unpaired) electrons. The summed E-state index contributed by atoms with van der Waals surface area (Å²) < 4.78 is 23.5. The van der Waals surface area contributed by atoms with Crippen LogP contribution in [0.1, 0.15) is 16.2 Å². The molecule has 2 N–H and O–H groups in total. The molecule has 0 aliphatic carbocycles. The highest BCUT2D eigenvalue weighted by molar-refractivity contribution is 6.04. The molecule has 8 heteroatoms. The summed E-state index contributed by atoms with van der Waals surface area (Å²) in [4.78, 5) is 21.2. The third-order valence-electron chi connectivity index (χ3n) is 3.84. The molecular weight excluding hydrogens is 363 g/mol. The van der Waals surface area contributed by atoms with Crippen molar-refractivity contribution in [3.05, 3.63) is 65.7 Å². The number of amides is 1. The highest BCUT2D eigenvalue weighted by atomic mass is 19.1. The minimum absolute atomic E-state index is 0.169. The van der Waals surface area contributed by atoms with E-state index in [1.54, 1.807) is 43.3 Å². The van der Waals surface area contributed by atoms with Gasteiger partial charge in [-0.2, -0.15) is 0 Å². The van der Waals surface area contributed by atoms with Crippen molar-refractivity contribution in [3.63, 3.8) is 0 Å². The lowest BCUT2D eigenvalue weighted by Crippen LogP contribution is -2.16. The van der Waals surface area contributed by atoms with Crippen molar-refractivity contribution in [2.45, 2.75) is 6.92 Å². The van der Waals surface area contributed by atoms with E-state index in [1.165, 1.54) is 26.4 Å². The SMILES string of the molecule is COc1ccc(OC)c(NC(=O)c2cc(C)nc(Nc3ccc(F)cc3)n2)c1. The number of carbonyl (C=O) groups is 1. The van der Waals surface area contributed by atoms with Gasteiger partial charge in [0.05, 0.1) is 19.9 Å². The summed E-state index contributed by atoms with van der Waals surface area (Å²) in [6.45, 7) is 1.75. The Labute approximate surface area is 161 Å². The van der Waals surface area contributed by atoms with Crippen LogP contribution in [0.3, 0.4) is 0 Å². The Kier molecular flexibility index (Phi) is 5.69. The van der Waals surface area contributed by atoms with Gasteiger partial charge >= 0.3 is 0 Å². The summed E-state index contributed by atoms with van der Waals surface area (Å²) in [5.41, 5.74) is 1.83. The van der Waals surface area contributed by atoms with Crippen LogP contribution in [0.2, 0.25) is 0 Å². The molecule has 1 amide bonds. The van der Waals surface area contributed by atoms with E-state index in [4.69, 9.17) is 9.47 Å². The number of hydrogen-bond acceptors (Lipinski definition) is 6. The third kappa shape index (κ3) is 4.53. The van der Waals surface area contributed by atoms with Crippen molar-refractivity contribution < 1.29 is 18.7 Å². The zero-order valence-electron chi connectivity index (χ0n) is 15.6. The summed E-state index contributed by atoms with van der Waals surface area (Å²) in [7, 11) is 3.05. The van der Waals surface area contributed by atoms with Crippen molar-refractivity contribution in [1.29, 1.82) is 0 Å². The lowest BCUT2D eigenvalue weighted by atomic mass is 10.2. The van der Waals surface area contributed by atoms with Crippen LogP contribution >= 0.6 is 0 Å². The second kappa shape index (κ2) is 8.34. The summed E-state index contributed by atoms with van der Waals surface area (Å²) >= 11 is 0. The first kappa shape index (κ1) is 19.1.